The van der Waals surface area contributed by atoms with E-state index >= 15 is 0 Å². The van der Waals surface area contributed by atoms with Gasteiger partial charge in [0.2, 0.25) is 18.1 Å². The van der Waals surface area contributed by atoms with Crippen LogP contribution in [0.25, 0.3) is 22.2 Å². The van der Waals surface area contributed by atoms with Crippen molar-refractivity contribution in [2.45, 2.75) is 0 Å². The molecule has 2 amide bonds. The zero-order chi connectivity index (χ0) is 16.4. The van der Waals surface area contributed by atoms with E-state index < -0.39 is 5.82 Å². The number of nitrogens with zero attached hydrogens (tertiary/aromatic N) is 4. The van der Waals surface area contributed by atoms with Crippen LogP contribution >= 0.6 is 11.6 Å². The molecule has 2 N–H and O–H groups in total. The van der Waals surface area contributed by atoms with Gasteiger partial charge in [0.15, 0.2) is 11.6 Å². The fourth-order valence-electron chi connectivity index (χ4n) is 2.12. The van der Waals surface area contributed by atoms with E-state index in [1.807, 2.05) is 0 Å². The summed E-state index contributed by atoms with van der Waals surface area (Å²) >= 11 is 5.70. The summed E-state index contributed by atoms with van der Waals surface area (Å²) in [5.41, 5.74) is 3.29. The summed E-state index contributed by atoms with van der Waals surface area (Å²) in [5, 5.41) is 6.83. The quantitative estimate of drug-likeness (QED) is 0.544. The number of hydrogen-bond acceptors (Lipinski definition) is 5. The van der Waals surface area contributed by atoms with E-state index in [4.69, 9.17) is 11.6 Å². The van der Waals surface area contributed by atoms with E-state index in [0.29, 0.717) is 29.3 Å². The van der Waals surface area contributed by atoms with Crippen LogP contribution < -0.4 is 10.7 Å². The van der Waals surface area contributed by atoms with Crippen LogP contribution in [-0.4, -0.2) is 32.7 Å². The van der Waals surface area contributed by atoms with Crippen LogP contribution in [0.1, 0.15) is 0 Å². The van der Waals surface area contributed by atoms with Crippen molar-refractivity contribution in [1.29, 1.82) is 0 Å². The summed E-state index contributed by atoms with van der Waals surface area (Å²) < 4.78 is 13.9. The van der Waals surface area contributed by atoms with Crippen LogP contribution in [0.4, 0.5) is 10.2 Å². The molecule has 8 nitrogen and oxygen atoms in total. The van der Waals surface area contributed by atoms with Gasteiger partial charge in [0.25, 0.3) is 0 Å². The van der Waals surface area contributed by atoms with E-state index in [1.165, 1.54) is 4.79 Å². The molecule has 3 rings (SSSR count). The molecule has 0 aliphatic carbocycles. The number of carbonyl (C=O) groups excluding carboxylic acids is 2. The zero-order valence-electron chi connectivity index (χ0n) is 11.3. The van der Waals surface area contributed by atoms with E-state index in [-0.39, 0.29) is 16.8 Å². The zero-order valence-corrected chi connectivity index (χ0v) is 12.1. The summed E-state index contributed by atoms with van der Waals surface area (Å²) in [5.74, 6) is -0.441. The van der Waals surface area contributed by atoms with Crippen LogP contribution in [0, 0.1) is 5.82 Å². The molecular weight excluding hydrogens is 327 g/mol. The molecule has 0 unspecified atom stereocenters. The van der Waals surface area contributed by atoms with Crippen molar-refractivity contribution in [2.75, 3.05) is 10.7 Å². The van der Waals surface area contributed by atoms with Crippen LogP contribution in [0.2, 0.25) is 5.28 Å². The molecule has 0 spiro atoms. The molecule has 0 bridgehead atoms. The van der Waals surface area contributed by atoms with E-state index in [9.17, 15) is 14.0 Å². The maximum Gasteiger partial charge on any atom is 0.227 e. The topological polar surface area (TPSA) is 102 Å². The second-order valence-corrected chi connectivity index (χ2v) is 4.68. The first-order chi connectivity index (χ1) is 11.1. The summed E-state index contributed by atoms with van der Waals surface area (Å²) in [4.78, 5) is 29.9. The highest BCUT2D eigenvalue weighted by atomic mass is 35.5. The first kappa shape index (κ1) is 14.9. The lowest BCUT2D eigenvalue weighted by Crippen LogP contribution is -2.13. The van der Waals surface area contributed by atoms with Crippen molar-refractivity contribution >= 4 is 41.1 Å². The molecule has 116 valence electrons. The van der Waals surface area contributed by atoms with Crippen molar-refractivity contribution in [3.8, 4) is 11.3 Å². The fraction of sp³-hybridized carbons (Fsp3) is 0. The van der Waals surface area contributed by atoms with Gasteiger partial charge in [0.1, 0.15) is 5.69 Å². The normalized spacial score (nSPS) is 10.5. The van der Waals surface area contributed by atoms with E-state index in [2.05, 4.69) is 25.8 Å². The van der Waals surface area contributed by atoms with Crippen LogP contribution in [0.3, 0.4) is 0 Å². The third-order valence-electron chi connectivity index (χ3n) is 3.04. The van der Waals surface area contributed by atoms with E-state index in [0.717, 1.165) is 6.20 Å². The van der Waals surface area contributed by atoms with Crippen molar-refractivity contribution in [1.82, 2.24) is 19.9 Å². The lowest BCUT2D eigenvalue weighted by Gasteiger charge is -2.04. The number of nitrogens with one attached hydrogen (secondary N) is 2. The van der Waals surface area contributed by atoms with Crippen LogP contribution in [-0.2, 0) is 9.59 Å². The Hall–Kier alpha value is -3.07. The van der Waals surface area contributed by atoms with Gasteiger partial charge in [-0.25, -0.2) is 19.8 Å². The molecule has 0 saturated heterocycles. The van der Waals surface area contributed by atoms with Gasteiger partial charge in [0, 0.05) is 10.9 Å². The van der Waals surface area contributed by atoms with Crippen molar-refractivity contribution < 1.29 is 14.0 Å². The third-order valence-corrected chi connectivity index (χ3v) is 3.22. The Bertz CT molecular complexity index is 913. The molecule has 0 saturated carbocycles. The largest absolute Gasteiger partial charge is 0.311 e. The predicted molar refractivity (Wildman–Crippen MR) is 80.8 cm³/mol. The number of aromatic nitrogens is 4. The van der Waals surface area contributed by atoms with E-state index in [1.54, 1.807) is 18.2 Å². The minimum Gasteiger partial charge on any atom is -0.311 e. The van der Waals surface area contributed by atoms with Gasteiger partial charge >= 0.3 is 0 Å². The van der Waals surface area contributed by atoms with Gasteiger partial charge in [-0.1, -0.05) is 6.07 Å². The number of hydrogen-bond donors (Lipinski definition) is 2. The van der Waals surface area contributed by atoms with Gasteiger partial charge < -0.3 is 5.32 Å². The highest BCUT2D eigenvalue weighted by molar-refractivity contribution is 6.28. The lowest BCUT2D eigenvalue weighted by molar-refractivity contribution is -0.106. The Morgan fingerprint density at radius 1 is 1.26 bits per heavy atom. The maximum atomic E-state index is 13.9. The SMILES string of the molecule is O=CNc1nn(NC=O)c2ccc(-c3nc(Cl)ncc3F)cc12. The molecule has 0 radical (unpaired) electrons. The smallest absolute Gasteiger partial charge is 0.227 e. The molecule has 0 aliphatic heterocycles. The molecule has 3 aromatic rings. The Balaban J connectivity index is 2.21. The average molecular weight is 335 g/mol. The number of amides is 2. The highest BCUT2D eigenvalue weighted by Crippen LogP contribution is 2.29. The lowest BCUT2D eigenvalue weighted by atomic mass is 10.1. The van der Waals surface area contributed by atoms with Gasteiger partial charge in [-0.2, -0.15) is 4.79 Å². The van der Waals surface area contributed by atoms with Crippen molar-refractivity contribution in [3.63, 3.8) is 0 Å². The molecule has 0 aliphatic rings. The molecule has 0 atom stereocenters. The summed E-state index contributed by atoms with van der Waals surface area (Å²) in [6.45, 7) is 0. The fourth-order valence-corrected chi connectivity index (χ4v) is 2.26. The first-order valence-electron chi connectivity index (χ1n) is 6.25. The van der Waals surface area contributed by atoms with Gasteiger partial charge in [-0.05, 0) is 23.7 Å². The highest BCUT2D eigenvalue weighted by Gasteiger charge is 2.14. The molecular formula is C13H8ClFN6O2. The molecule has 2 heterocycles. The minimum absolute atomic E-state index is 0.0139. The van der Waals surface area contributed by atoms with Crippen LogP contribution in [0.15, 0.2) is 24.4 Å². The van der Waals surface area contributed by atoms with Crippen LogP contribution in [0.5, 0.6) is 0 Å². The summed E-state index contributed by atoms with van der Waals surface area (Å²) in [6, 6.07) is 4.75. The Morgan fingerprint density at radius 3 is 2.83 bits per heavy atom. The minimum atomic E-state index is -0.642. The number of rotatable bonds is 5. The first-order valence-corrected chi connectivity index (χ1v) is 6.63. The van der Waals surface area contributed by atoms with Gasteiger partial charge in [-0.3, -0.25) is 9.59 Å². The molecule has 0 fully saturated rings. The summed E-state index contributed by atoms with van der Waals surface area (Å²) in [7, 11) is 0. The maximum absolute atomic E-state index is 13.9. The monoisotopic (exact) mass is 334 g/mol. The predicted octanol–water partition coefficient (Wildman–Crippen LogP) is 1.55. The van der Waals surface area contributed by atoms with Crippen molar-refractivity contribution in [3.05, 3.63) is 35.5 Å². The second kappa shape index (κ2) is 5.97. The number of halogens is 2. The molecule has 23 heavy (non-hydrogen) atoms. The Kier molecular flexibility index (Phi) is 3.85. The third kappa shape index (κ3) is 2.69. The molecule has 10 heteroatoms. The van der Waals surface area contributed by atoms with Crippen molar-refractivity contribution in [2.24, 2.45) is 0 Å². The van der Waals surface area contributed by atoms with Gasteiger partial charge in [0.05, 0.1) is 11.7 Å². The number of anilines is 1. The Labute approximate surface area is 133 Å². The number of fused-ring (bicyclic) bond motifs is 1. The number of carbonyl (C=O) groups is 2. The number of benzene rings is 1. The molecule has 2 aromatic heterocycles. The van der Waals surface area contributed by atoms with Gasteiger partial charge in [-0.15, -0.1) is 5.10 Å². The standard InChI is InChI=1S/C13H8ClFN6O2/c14-13-16-4-9(15)11(19-13)7-1-2-10-8(3-7)12(17-5-22)20-21(10)18-6-23/h1-6H,(H,18,23)(H,17,20,22). The second-order valence-electron chi connectivity index (χ2n) is 4.34. The average Bonchev–Trinajstić information content (AvgIpc) is 2.88. The molecule has 1 aromatic carbocycles. The Morgan fingerprint density at radius 2 is 2.09 bits per heavy atom. The summed E-state index contributed by atoms with van der Waals surface area (Å²) in [6.07, 6.45) is 1.85.